The molecule has 1 aliphatic rings. The van der Waals surface area contributed by atoms with E-state index >= 15 is 0 Å². The molecule has 1 unspecified atom stereocenters. The molecule has 21 heavy (non-hydrogen) atoms. The van der Waals surface area contributed by atoms with Gasteiger partial charge in [-0.2, -0.15) is 0 Å². The van der Waals surface area contributed by atoms with Crippen molar-refractivity contribution in [1.82, 2.24) is 0 Å². The van der Waals surface area contributed by atoms with Crippen LogP contribution in [0.3, 0.4) is 0 Å². The molecule has 0 bridgehead atoms. The quantitative estimate of drug-likeness (QED) is 0.915. The molecule has 1 aliphatic heterocycles. The zero-order valence-corrected chi connectivity index (χ0v) is 13.4. The fourth-order valence-corrected chi connectivity index (χ4v) is 2.99. The predicted octanol–water partition coefficient (Wildman–Crippen LogP) is 3.86. The Morgan fingerprint density at radius 2 is 1.81 bits per heavy atom. The van der Waals surface area contributed by atoms with Crippen LogP contribution in [0.2, 0.25) is 0 Å². The maximum absolute atomic E-state index is 10.6. The maximum atomic E-state index is 10.6. The second-order valence-electron chi connectivity index (χ2n) is 5.02. The summed E-state index contributed by atoms with van der Waals surface area (Å²) in [7, 11) is 0. The van der Waals surface area contributed by atoms with Crippen molar-refractivity contribution in [3.63, 3.8) is 0 Å². The van der Waals surface area contributed by atoms with Gasteiger partial charge in [-0.1, -0.05) is 31.2 Å². The van der Waals surface area contributed by atoms with Gasteiger partial charge < -0.3 is 14.6 Å². The molecule has 3 rings (SSSR count). The van der Waals surface area contributed by atoms with Crippen molar-refractivity contribution in [3.05, 3.63) is 57.6 Å². The second-order valence-corrected chi connectivity index (χ2v) is 5.88. The first-order valence-corrected chi connectivity index (χ1v) is 7.84. The fraction of sp³-hybridized carbons (Fsp3) is 0.294. The van der Waals surface area contributed by atoms with Crippen molar-refractivity contribution < 1.29 is 14.6 Å². The van der Waals surface area contributed by atoms with E-state index < -0.39 is 6.10 Å². The largest absolute Gasteiger partial charge is 0.486 e. The molecule has 110 valence electrons. The third-order valence-corrected chi connectivity index (χ3v) is 4.23. The van der Waals surface area contributed by atoms with Gasteiger partial charge in [-0.25, -0.2) is 0 Å². The minimum atomic E-state index is -0.678. The van der Waals surface area contributed by atoms with E-state index in [4.69, 9.17) is 9.47 Å². The van der Waals surface area contributed by atoms with Gasteiger partial charge in [0.1, 0.15) is 19.3 Å². The van der Waals surface area contributed by atoms with Crippen LogP contribution < -0.4 is 9.47 Å². The van der Waals surface area contributed by atoms with E-state index in [1.807, 2.05) is 36.4 Å². The molecular weight excluding hydrogens is 332 g/mol. The molecule has 1 atom stereocenters. The highest BCUT2D eigenvalue weighted by molar-refractivity contribution is 9.10. The normalized spacial score (nSPS) is 14.8. The first kappa shape index (κ1) is 14.4. The SMILES string of the molecule is CCc1ccc(C(O)c2cc(Br)c3c(c2)OCCO3)cc1. The summed E-state index contributed by atoms with van der Waals surface area (Å²) in [5.74, 6) is 1.38. The van der Waals surface area contributed by atoms with Crippen molar-refractivity contribution >= 4 is 15.9 Å². The van der Waals surface area contributed by atoms with E-state index in [-0.39, 0.29) is 0 Å². The molecule has 0 aliphatic carbocycles. The Balaban J connectivity index is 1.93. The molecule has 1 heterocycles. The number of rotatable bonds is 3. The third kappa shape index (κ3) is 2.92. The van der Waals surface area contributed by atoms with E-state index in [1.54, 1.807) is 0 Å². The lowest BCUT2D eigenvalue weighted by Crippen LogP contribution is -2.16. The average Bonchev–Trinajstić information content (AvgIpc) is 2.54. The minimum absolute atomic E-state index is 0.532. The summed E-state index contributed by atoms with van der Waals surface area (Å²) in [5, 5.41) is 10.6. The van der Waals surface area contributed by atoms with Crippen LogP contribution in [0.4, 0.5) is 0 Å². The van der Waals surface area contributed by atoms with Crippen LogP contribution in [0.15, 0.2) is 40.9 Å². The Labute approximate surface area is 132 Å². The van der Waals surface area contributed by atoms with Gasteiger partial charge in [-0.3, -0.25) is 0 Å². The second kappa shape index (κ2) is 6.08. The molecule has 0 amide bonds. The molecule has 0 radical (unpaired) electrons. The molecule has 0 aromatic heterocycles. The molecule has 3 nitrogen and oxygen atoms in total. The van der Waals surface area contributed by atoms with E-state index in [0.29, 0.717) is 24.7 Å². The zero-order valence-electron chi connectivity index (χ0n) is 11.8. The molecule has 0 saturated heterocycles. The van der Waals surface area contributed by atoms with Crippen molar-refractivity contribution in [3.8, 4) is 11.5 Å². The van der Waals surface area contributed by atoms with Crippen LogP contribution in [0.5, 0.6) is 11.5 Å². The Kier molecular flexibility index (Phi) is 4.17. The number of hydrogen-bond acceptors (Lipinski definition) is 3. The predicted molar refractivity (Wildman–Crippen MR) is 85.0 cm³/mol. The monoisotopic (exact) mass is 348 g/mol. The lowest BCUT2D eigenvalue weighted by atomic mass is 9.99. The highest BCUT2D eigenvalue weighted by Crippen LogP contribution is 2.40. The molecule has 0 spiro atoms. The number of aliphatic hydroxyl groups excluding tert-OH is 1. The molecule has 2 aromatic rings. The minimum Gasteiger partial charge on any atom is -0.486 e. The van der Waals surface area contributed by atoms with Crippen molar-refractivity contribution in [1.29, 1.82) is 0 Å². The highest BCUT2D eigenvalue weighted by Gasteiger charge is 2.20. The summed E-state index contributed by atoms with van der Waals surface area (Å²) >= 11 is 3.48. The van der Waals surface area contributed by atoms with Gasteiger partial charge in [0.15, 0.2) is 11.5 Å². The lowest BCUT2D eigenvalue weighted by molar-refractivity contribution is 0.168. The van der Waals surface area contributed by atoms with Crippen LogP contribution in [0.1, 0.15) is 29.7 Å². The summed E-state index contributed by atoms with van der Waals surface area (Å²) in [5.41, 5.74) is 2.92. The Bertz CT molecular complexity index is 637. The van der Waals surface area contributed by atoms with Crippen molar-refractivity contribution in [2.24, 2.45) is 0 Å². The van der Waals surface area contributed by atoms with Crippen LogP contribution in [0.25, 0.3) is 0 Å². The smallest absolute Gasteiger partial charge is 0.175 e. The first-order chi connectivity index (χ1) is 10.2. The van der Waals surface area contributed by atoms with E-state index in [1.165, 1.54) is 5.56 Å². The van der Waals surface area contributed by atoms with E-state index in [9.17, 15) is 5.11 Å². The number of aliphatic hydroxyl groups is 1. The number of benzene rings is 2. The number of ether oxygens (including phenoxy) is 2. The number of fused-ring (bicyclic) bond motifs is 1. The van der Waals surface area contributed by atoms with E-state index in [0.717, 1.165) is 22.0 Å². The maximum Gasteiger partial charge on any atom is 0.175 e. The van der Waals surface area contributed by atoms with Crippen LogP contribution in [0, 0.1) is 0 Å². The van der Waals surface area contributed by atoms with Crippen LogP contribution in [-0.2, 0) is 6.42 Å². The van der Waals surface area contributed by atoms with Crippen LogP contribution >= 0.6 is 15.9 Å². The number of hydrogen-bond donors (Lipinski definition) is 1. The Hall–Kier alpha value is -1.52. The van der Waals surface area contributed by atoms with Gasteiger partial charge in [0.2, 0.25) is 0 Å². The summed E-state index contributed by atoms with van der Waals surface area (Å²) in [4.78, 5) is 0. The van der Waals surface area contributed by atoms with Crippen molar-refractivity contribution in [2.75, 3.05) is 13.2 Å². The summed E-state index contributed by atoms with van der Waals surface area (Å²) in [6.45, 7) is 3.19. The highest BCUT2D eigenvalue weighted by atomic mass is 79.9. The molecule has 0 fully saturated rings. The number of aryl methyl sites for hydroxylation is 1. The molecule has 1 N–H and O–H groups in total. The van der Waals surface area contributed by atoms with Gasteiger partial charge in [0.25, 0.3) is 0 Å². The van der Waals surface area contributed by atoms with Gasteiger partial charge >= 0.3 is 0 Å². The Morgan fingerprint density at radius 1 is 1.10 bits per heavy atom. The lowest BCUT2D eigenvalue weighted by Gasteiger charge is -2.22. The summed E-state index contributed by atoms with van der Waals surface area (Å²) in [6, 6.07) is 11.8. The number of halogens is 1. The summed E-state index contributed by atoms with van der Waals surface area (Å²) in [6.07, 6.45) is 0.314. The zero-order chi connectivity index (χ0) is 14.8. The first-order valence-electron chi connectivity index (χ1n) is 7.05. The van der Waals surface area contributed by atoms with Gasteiger partial charge in [0.05, 0.1) is 4.47 Å². The van der Waals surface area contributed by atoms with Gasteiger partial charge in [0, 0.05) is 0 Å². The standard InChI is InChI=1S/C17H17BrO3/c1-2-11-3-5-12(6-4-11)16(19)13-9-14(18)17-15(10-13)20-7-8-21-17/h3-6,9-10,16,19H,2,7-8H2,1H3. The molecular formula is C17H17BrO3. The van der Waals surface area contributed by atoms with Crippen LogP contribution in [-0.4, -0.2) is 18.3 Å². The topological polar surface area (TPSA) is 38.7 Å². The van der Waals surface area contributed by atoms with Crippen molar-refractivity contribution in [2.45, 2.75) is 19.4 Å². The van der Waals surface area contributed by atoms with Gasteiger partial charge in [-0.05, 0) is 51.2 Å². The Morgan fingerprint density at radius 3 is 2.52 bits per heavy atom. The molecule has 2 aromatic carbocycles. The molecule has 4 heteroatoms. The molecule has 0 saturated carbocycles. The van der Waals surface area contributed by atoms with E-state index in [2.05, 4.69) is 22.9 Å². The van der Waals surface area contributed by atoms with Gasteiger partial charge in [-0.15, -0.1) is 0 Å². The average molecular weight is 349 g/mol. The fourth-order valence-electron chi connectivity index (χ4n) is 2.42. The summed E-state index contributed by atoms with van der Waals surface area (Å²) < 4.78 is 12.0. The third-order valence-electron chi connectivity index (χ3n) is 3.64.